The molecular weight excluding hydrogens is 391 g/mol. The van der Waals surface area contributed by atoms with Crippen LogP contribution in [0.25, 0.3) is 5.82 Å². The minimum atomic E-state index is -0.273. The maximum Gasteiger partial charge on any atom is 0.352 e. The standard InChI is InChI=1S/C18H16Cl2N4O3/c1-26-13-6-2-3-7-14(13)27-17-12(20)10-11(19)16(21-17)24-18(25)23-9-5-4-8-15(23)22-24/h2-3,6-7,10H,4-5,8-9H2,1H3. The van der Waals surface area contributed by atoms with Crippen molar-refractivity contribution in [3.8, 4) is 23.2 Å². The van der Waals surface area contributed by atoms with Gasteiger partial charge in [0.25, 0.3) is 0 Å². The zero-order valence-corrected chi connectivity index (χ0v) is 16.0. The number of benzene rings is 1. The third-order valence-electron chi connectivity index (χ3n) is 4.33. The van der Waals surface area contributed by atoms with Gasteiger partial charge >= 0.3 is 5.69 Å². The van der Waals surface area contributed by atoms with E-state index in [0.717, 1.165) is 25.1 Å². The molecule has 2 aromatic heterocycles. The third kappa shape index (κ3) is 3.28. The molecule has 0 atom stereocenters. The van der Waals surface area contributed by atoms with Gasteiger partial charge in [-0.2, -0.15) is 9.67 Å². The number of halogens is 2. The van der Waals surface area contributed by atoms with Gasteiger partial charge in [0.05, 0.1) is 12.1 Å². The Kier molecular flexibility index (Phi) is 4.80. The number of aromatic nitrogens is 4. The van der Waals surface area contributed by atoms with Crippen LogP contribution in [0, 0.1) is 0 Å². The Morgan fingerprint density at radius 1 is 1.11 bits per heavy atom. The summed E-state index contributed by atoms with van der Waals surface area (Å²) in [5.74, 6) is 1.99. The Morgan fingerprint density at radius 2 is 1.89 bits per heavy atom. The molecule has 9 heteroatoms. The normalized spacial score (nSPS) is 13.3. The summed E-state index contributed by atoms with van der Waals surface area (Å²) in [7, 11) is 1.54. The molecule has 0 spiro atoms. The average Bonchev–Trinajstić information content (AvgIpc) is 3.01. The van der Waals surface area contributed by atoms with Crippen LogP contribution in [0.5, 0.6) is 17.4 Å². The van der Waals surface area contributed by atoms with E-state index in [4.69, 9.17) is 32.7 Å². The van der Waals surface area contributed by atoms with Crippen molar-refractivity contribution in [2.24, 2.45) is 0 Å². The van der Waals surface area contributed by atoms with Gasteiger partial charge in [0, 0.05) is 13.0 Å². The van der Waals surface area contributed by atoms with E-state index < -0.39 is 0 Å². The minimum Gasteiger partial charge on any atom is -0.493 e. The second kappa shape index (κ2) is 7.25. The number of pyridine rings is 1. The molecule has 27 heavy (non-hydrogen) atoms. The minimum absolute atomic E-state index is 0.110. The highest BCUT2D eigenvalue weighted by atomic mass is 35.5. The number of ether oxygens (including phenoxy) is 2. The number of nitrogens with zero attached hydrogens (tertiary/aromatic N) is 4. The molecule has 1 aliphatic heterocycles. The molecule has 7 nitrogen and oxygen atoms in total. The lowest BCUT2D eigenvalue weighted by Crippen LogP contribution is -2.26. The monoisotopic (exact) mass is 406 g/mol. The van der Waals surface area contributed by atoms with E-state index in [-0.39, 0.29) is 27.4 Å². The molecule has 3 heterocycles. The first-order valence-electron chi connectivity index (χ1n) is 8.44. The van der Waals surface area contributed by atoms with Crippen molar-refractivity contribution in [2.75, 3.05) is 7.11 Å². The molecule has 140 valence electrons. The fraction of sp³-hybridized carbons (Fsp3) is 0.278. The lowest BCUT2D eigenvalue weighted by atomic mass is 10.2. The van der Waals surface area contributed by atoms with E-state index in [1.807, 2.05) is 6.07 Å². The summed E-state index contributed by atoms with van der Waals surface area (Å²) in [6.07, 6.45) is 2.70. The highest BCUT2D eigenvalue weighted by Crippen LogP contribution is 2.36. The summed E-state index contributed by atoms with van der Waals surface area (Å²) in [5, 5.41) is 4.82. The summed E-state index contributed by atoms with van der Waals surface area (Å²) in [4.78, 5) is 17.1. The first kappa shape index (κ1) is 17.9. The molecule has 0 radical (unpaired) electrons. The molecule has 0 amide bonds. The van der Waals surface area contributed by atoms with E-state index in [0.29, 0.717) is 18.0 Å². The maximum absolute atomic E-state index is 12.7. The summed E-state index contributed by atoms with van der Waals surface area (Å²) in [5.41, 5.74) is -0.273. The van der Waals surface area contributed by atoms with Gasteiger partial charge in [0.15, 0.2) is 17.3 Å². The van der Waals surface area contributed by atoms with Gasteiger partial charge in [-0.1, -0.05) is 35.3 Å². The summed E-state index contributed by atoms with van der Waals surface area (Å²) >= 11 is 12.5. The van der Waals surface area contributed by atoms with Crippen LogP contribution in [-0.2, 0) is 13.0 Å². The van der Waals surface area contributed by atoms with Crippen molar-refractivity contribution in [2.45, 2.75) is 25.8 Å². The summed E-state index contributed by atoms with van der Waals surface area (Å²) < 4.78 is 13.9. The number of hydrogen-bond donors (Lipinski definition) is 0. The molecule has 1 aromatic carbocycles. The van der Waals surface area contributed by atoms with Crippen LogP contribution in [0.15, 0.2) is 35.1 Å². The van der Waals surface area contributed by atoms with Crippen molar-refractivity contribution in [1.82, 2.24) is 19.3 Å². The number of rotatable bonds is 4. The highest BCUT2D eigenvalue weighted by Gasteiger charge is 2.22. The number of methoxy groups -OCH3 is 1. The molecule has 0 saturated heterocycles. The van der Waals surface area contributed by atoms with Gasteiger partial charge in [-0.05, 0) is 31.0 Å². The van der Waals surface area contributed by atoms with E-state index in [1.165, 1.54) is 10.7 Å². The van der Waals surface area contributed by atoms with E-state index in [9.17, 15) is 4.79 Å². The summed E-state index contributed by atoms with van der Waals surface area (Å²) in [6, 6.07) is 8.60. The number of fused-ring (bicyclic) bond motifs is 1. The van der Waals surface area contributed by atoms with E-state index in [1.54, 1.807) is 29.9 Å². The Labute approximate surface area is 165 Å². The molecular formula is C18H16Cl2N4O3. The van der Waals surface area contributed by atoms with Crippen molar-refractivity contribution in [3.05, 3.63) is 56.7 Å². The van der Waals surface area contributed by atoms with Gasteiger partial charge in [-0.25, -0.2) is 4.79 Å². The molecule has 0 N–H and O–H groups in total. The Hall–Kier alpha value is -2.51. The molecule has 0 bridgehead atoms. The smallest absolute Gasteiger partial charge is 0.352 e. The number of hydrogen-bond acceptors (Lipinski definition) is 5. The predicted molar refractivity (Wildman–Crippen MR) is 102 cm³/mol. The van der Waals surface area contributed by atoms with Gasteiger partial charge in [0.1, 0.15) is 10.8 Å². The molecule has 3 aromatic rings. The van der Waals surface area contributed by atoms with Crippen molar-refractivity contribution >= 4 is 23.2 Å². The Morgan fingerprint density at radius 3 is 2.63 bits per heavy atom. The Balaban J connectivity index is 1.79. The van der Waals surface area contributed by atoms with E-state index >= 15 is 0 Å². The van der Waals surface area contributed by atoms with Crippen LogP contribution in [0.1, 0.15) is 18.7 Å². The van der Waals surface area contributed by atoms with Crippen molar-refractivity contribution in [3.63, 3.8) is 0 Å². The van der Waals surface area contributed by atoms with Crippen LogP contribution >= 0.6 is 23.2 Å². The SMILES string of the molecule is COc1ccccc1Oc1nc(-n2nc3n(c2=O)CCCC3)c(Cl)cc1Cl. The molecule has 0 unspecified atom stereocenters. The van der Waals surface area contributed by atoms with Crippen LogP contribution in [0.2, 0.25) is 10.0 Å². The first-order valence-corrected chi connectivity index (χ1v) is 9.20. The van der Waals surface area contributed by atoms with Crippen LogP contribution in [0.3, 0.4) is 0 Å². The zero-order valence-electron chi connectivity index (χ0n) is 14.5. The molecule has 4 rings (SSSR count). The highest BCUT2D eigenvalue weighted by molar-refractivity contribution is 6.36. The Bertz CT molecular complexity index is 1060. The predicted octanol–water partition coefficient (Wildman–Crippen LogP) is 3.87. The van der Waals surface area contributed by atoms with Crippen molar-refractivity contribution < 1.29 is 9.47 Å². The van der Waals surface area contributed by atoms with Crippen LogP contribution in [0.4, 0.5) is 0 Å². The van der Waals surface area contributed by atoms with Crippen LogP contribution in [-0.4, -0.2) is 26.4 Å². The number of aryl methyl sites for hydroxylation is 1. The molecule has 0 fully saturated rings. The molecule has 0 saturated carbocycles. The van der Waals surface area contributed by atoms with Crippen molar-refractivity contribution in [1.29, 1.82) is 0 Å². The van der Waals surface area contributed by atoms with E-state index in [2.05, 4.69) is 10.1 Å². The second-order valence-electron chi connectivity index (χ2n) is 6.05. The lowest BCUT2D eigenvalue weighted by molar-refractivity contribution is 0.374. The number of para-hydroxylation sites is 2. The quantitative estimate of drug-likeness (QED) is 0.657. The first-order chi connectivity index (χ1) is 13.1. The van der Waals surface area contributed by atoms with Gasteiger partial charge < -0.3 is 9.47 Å². The van der Waals surface area contributed by atoms with Crippen LogP contribution < -0.4 is 15.2 Å². The fourth-order valence-corrected chi connectivity index (χ4v) is 3.48. The molecule has 0 aliphatic carbocycles. The third-order valence-corrected chi connectivity index (χ3v) is 4.88. The summed E-state index contributed by atoms with van der Waals surface area (Å²) in [6.45, 7) is 0.643. The maximum atomic E-state index is 12.7. The van der Waals surface area contributed by atoms with Gasteiger partial charge in [0.2, 0.25) is 5.88 Å². The van der Waals surface area contributed by atoms with Gasteiger partial charge in [-0.15, -0.1) is 5.10 Å². The topological polar surface area (TPSA) is 71.2 Å². The largest absolute Gasteiger partial charge is 0.493 e. The van der Waals surface area contributed by atoms with Gasteiger partial charge in [-0.3, -0.25) is 4.57 Å². The fourth-order valence-electron chi connectivity index (χ4n) is 3.01. The lowest BCUT2D eigenvalue weighted by Gasteiger charge is -2.12. The molecule has 1 aliphatic rings. The average molecular weight is 407 g/mol. The zero-order chi connectivity index (χ0) is 19.0. The second-order valence-corrected chi connectivity index (χ2v) is 6.87.